The number of thiazole rings is 1. The van der Waals surface area contributed by atoms with Crippen molar-refractivity contribution in [1.29, 1.82) is 0 Å². The van der Waals surface area contributed by atoms with Gasteiger partial charge in [0.1, 0.15) is 0 Å². The van der Waals surface area contributed by atoms with Crippen LogP contribution in [-0.4, -0.2) is 52.7 Å². The summed E-state index contributed by atoms with van der Waals surface area (Å²) in [6, 6.07) is 8.15. The summed E-state index contributed by atoms with van der Waals surface area (Å²) in [5.41, 5.74) is 1.02. The minimum atomic E-state index is -0.295. The maximum atomic E-state index is 12.1. The van der Waals surface area contributed by atoms with Crippen molar-refractivity contribution >= 4 is 27.5 Å². The Kier molecular flexibility index (Phi) is 5.25. The van der Waals surface area contributed by atoms with Gasteiger partial charge in [0.05, 0.1) is 27.9 Å². The number of aromatic nitrogens is 1. The van der Waals surface area contributed by atoms with Gasteiger partial charge >= 0.3 is 0 Å². The number of carbonyl (C=O) groups is 1. The SMILES string of the molecule is C[C@H](Cc1nc2ccccc2s1)NC(=O)CN1CCC[C@@H](O)C1. The van der Waals surface area contributed by atoms with Crippen LogP contribution in [0.15, 0.2) is 24.3 Å². The first-order valence-electron chi connectivity index (χ1n) is 8.14. The molecule has 3 rings (SSSR count). The van der Waals surface area contributed by atoms with Crippen molar-refractivity contribution in [2.24, 2.45) is 0 Å². The Morgan fingerprint density at radius 3 is 3.13 bits per heavy atom. The largest absolute Gasteiger partial charge is 0.392 e. The van der Waals surface area contributed by atoms with Crippen LogP contribution in [0.5, 0.6) is 0 Å². The van der Waals surface area contributed by atoms with Crippen molar-refractivity contribution < 1.29 is 9.90 Å². The number of rotatable bonds is 5. The molecule has 1 amide bonds. The first kappa shape index (κ1) is 16.4. The molecule has 1 aliphatic rings. The van der Waals surface area contributed by atoms with Crippen LogP contribution in [0.4, 0.5) is 0 Å². The van der Waals surface area contributed by atoms with Crippen LogP contribution in [0.25, 0.3) is 10.2 Å². The predicted octanol–water partition coefficient (Wildman–Crippen LogP) is 1.80. The second-order valence-corrected chi connectivity index (χ2v) is 7.39. The van der Waals surface area contributed by atoms with E-state index >= 15 is 0 Å². The van der Waals surface area contributed by atoms with Crippen molar-refractivity contribution in [2.75, 3.05) is 19.6 Å². The van der Waals surface area contributed by atoms with Gasteiger partial charge in [-0.2, -0.15) is 0 Å². The normalized spacial score (nSPS) is 20.5. The van der Waals surface area contributed by atoms with E-state index < -0.39 is 0 Å². The van der Waals surface area contributed by atoms with Gasteiger partial charge in [-0.25, -0.2) is 4.98 Å². The number of benzene rings is 1. The van der Waals surface area contributed by atoms with Gasteiger partial charge in [0.2, 0.25) is 5.91 Å². The lowest BCUT2D eigenvalue weighted by molar-refractivity contribution is -0.123. The predicted molar refractivity (Wildman–Crippen MR) is 92.6 cm³/mol. The van der Waals surface area contributed by atoms with Crippen molar-refractivity contribution in [3.63, 3.8) is 0 Å². The van der Waals surface area contributed by atoms with Gasteiger partial charge in [-0.15, -0.1) is 11.3 Å². The highest BCUT2D eigenvalue weighted by Gasteiger charge is 2.20. The fraction of sp³-hybridized carbons (Fsp3) is 0.529. The van der Waals surface area contributed by atoms with E-state index in [-0.39, 0.29) is 18.1 Å². The minimum Gasteiger partial charge on any atom is -0.392 e. The number of piperidine rings is 1. The van der Waals surface area contributed by atoms with E-state index in [9.17, 15) is 9.90 Å². The van der Waals surface area contributed by atoms with Crippen molar-refractivity contribution in [3.05, 3.63) is 29.3 Å². The number of likely N-dealkylation sites (tertiary alicyclic amines) is 1. The lowest BCUT2D eigenvalue weighted by Crippen LogP contribution is -2.46. The number of para-hydroxylation sites is 1. The quantitative estimate of drug-likeness (QED) is 0.876. The average Bonchev–Trinajstić information content (AvgIpc) is 2.88. The summed E-state index contributed by atoms with van der Waals surface area (Å²) in [6.45, 7) is 3.85. The molecule has 1 saturated heterocycles. The van der Waals surface area contributed by atoms with E-state index in [0.29, 0.717) is 13.1 Å². The molecular weight excluding hydrogens is 310 g/mol. The number of fused-ring (bicyclic) bond motifs is 1. The molecule has 6 heteroatoms. The van der Waals surface area contributed by atoms with Gasteiger partial charge in [0, 0.05) is 19.0 Å². The van der Waals surface area contributed by atoms with Gasteiger partial charge in [-0.1, -0.05) is 12.1 Å². The number of amides is 1. The molecule has 1 aromatic heterocycles. The highest BCUT2D eigenvalue weighted by molar-refractivity contribution is 7.18. The van der Waals surface area contributed by atoms with Gasteiger partial charge in [-0.3, -0.25) is 9.69 Å². The summed E-state index contributed by atoms with van der Waals surface area (Å²) in [6.07, 6.45) is 2.24. The summed E-state index contributed by atoms with van der Waals surface area (Å²) in [5.74, 6) is 0.0210. The Bertz CT molecular complexity index is 640. The monoisotopic (exact) mass is 333 g/mol. The Labute approximate surface area is 140 Å². The number of carbonyl (C=O) groups excluding carboxylic acids is 1. The number of aliphatic hydroxyl groups is 1. The molecule has 0 radical (unpaired) electrons. The number of nitrogens with zero attached hydrogens (tertiary/aromatic N) is 2. The van der Waals surface area contributed by atoms with Crippen LogP contribution >= 0.6 is 11.3 Å². The van der Waals surface area contributed by atoms with Crippen LogP contribution in [0.3, 0.4) is 0 Å². The summed E-state index contributed by atoms with van der Waals surface area (Å²) in [5, 5.41) is 13.7. The van der Waals surface area contributed by atoms with Crippen LogP contribution in [0.1, 0.15) is 24.8 Å². The molecule has 0 bridgehead atoms. The molecule has 2 N–H and O–H groups in total. The lowest BCUT2D eigenvalue weighted by Gasteiger charge is -2.29. The molecule has 1 aromatic carbocycles. The highest BCUT2D eigenvalue weighted by atomic mass is 32.1. The number of nitrogens with one attached hydrogen (secondary N) is 1. The van der Waals surface area contributed by atoms with E-state index in [1.54, 1.807) is 11.3 Å². The maximum Gasteiger partial charge on any atom is 0.234 e. The zero-order valence-electron chi connectivity index (χ0n) is 13.4. The molecule has 0 unspecified atom stereocenters. The molecule has 0 saturated carbocycles. The highest BCUT2D eigenvalue weighted by Crippen LogP contribution is 2.22. The summed E-state index contributed by atoms with van der Waals surface area (Å²) in [4.78, 5) is 18.8. The molecule has 1 fully saturated rings. The number of β-amino-alcohol motifs (C(OH)–C–C–N with tert-alkyl or cyclic N) is 1. The summed E-state index contributed by atoms with van der Waals surface area (Å²) in [7, 11) is 0. The molecule has 2 heterocycles. The molecular formula is C17H23N3O2S. The van der Waals surface area contributed by atoms with E-state index in [2.05, 4.69) is 16.4 Å². The van der Waals surface area contributed by atoms with E-state index in [0.717, 1.165) is 36.3 Å². The Morgan fingerprint density at radius 1 is 1.52 bits per heavy atom. The van der Waals surface area contributed by atoms with E-state index in [4.69, 9.17) is 0 Å². The number of hydrogen-bond donors (Lipinski definition) is 2. The molecule has 124 valence electrons. The van der Waals surface area contributed by atoms with E-state index in [1.807, 2.05) is 30.0 Å². The Morgan fingerprint density at radius 2 is 2.35 bits per heavy atom. The molecule has 5 nitrogen and oxygen atoms in total. The van der Waals surface area contributed by atoms with Crippen molar-refractivity contribution in [3.8, 4) is 0 Å². The van der Waals surface area contributed by atoms with Crippen LogP contribution in [0.2, 0.25) is 0 Å². The Hall–Kier alpha value is -1.50. The third-order valence-electron chi connectivity index (χ3n) is 4.07. The van der Waals surface area contributed by atoms with E-state index in [1.165, 1.54) is 4.70 Å². The second kappa shape index (κ2) is 7.38. The van der Waals surface area contributed by atoms with Crippen LogP contribution < -0.4 is 5.32 Å². The maximum absolute atomic E-state index is 12.1. The van der Waals surface area contributed by atoms with Gasteiger partial charge in [0.25, 0.3) is 0 Å². The first-order chi connectivity index (χ1) is 11.1. The van der Waals surface area contributed by atoms with Crippen LogP contribution in [0, 0.1) is 0 Å². The summed E-state index contributed by atoms with van der Waals surface area (Å²) < 4.78 is 1.18. The molecule has 2 atom stereocenters. The minimum absolute atomic E-state index is 0.0210. The fourth-order valence-electron chi connectivity index (χ4n) is 3.02. The third-order valence-corrected chi connectivity index (χ3v) is 5.13. The molecule has 0 aliphatic carbocycles. The van der Waals surface area contributed by atoms with Crippen molar-refractivity contribution in [1.82, 2.24) is 15.2 Å². The molecule has 2 aromatic rings. The summed E-state index contributed by atoms with van der Waals surface area (Å²) >= 11 is 1.68. The first-order valence-corrected chi connectivity index (χ1v) is 8.96. The zero-order chi connectivity index (χ0) is 16.2. The van der Waals surface area contributed by atoms with Gasteiger partial charge in [0.15, 0.2) is 0 Å². The smallest absolute Gasteiger partial charge is 0.234 e. The fourth-order valence-corrected chi connectivity index (χ4v) is 4.11. The number of aliphatic hydroxyl groups excluding tert-OH is 1. The molecule has 1 aliphatic heterocycles. The van der Waals surface area contributed by atoms with Gasteiger partial charge in [-0.05, 0) is 38.4 Å². The molecule has 23 heavy (non-hydrogen) atoms. The lowest BCUT2D eigenvalue weighted by atomic mass is 10.1. The van der Waals surface area contributed by atoms with Gasteiger partial charge < -0.3 is 10.4 Å². The second-order valence-electron chi connectivity index (χ2n) is 6.28. The zero-order valence-corrected chi connectivity index (χ0v) is 14.2. The average molecular weight is 333 g/mol. The number of hydrogen-bond acceptors (Lipinski definition) is 5. The Balaban J connectivity index is 1.50. The van der Waals surface area contributed by atoms with Crippen molar-refractivity contribution in [2.45, 2.75) is 38.3 Å². The topological polar surface area (TPSA) is 65.5 Å². The standard InChI is InChI=1S/C17H23N3O2S/c1-12(9-17-19-14-6-2-3-7-15(14)23-17)18-16(22)11-20-8-4-5-13(21)10-20/h2-3,6-7,12-13,21H,4-5,8-11H2,1H3,(H,18,22)/t12-,13-/m1/s1. The third kappa shape index (κ3) is 4.50. The molecule has 0 spiro atoms. The van der Waals surface area contributed by atoms with Crippen LogP contribution in [-0.2, 0) is 11.2 Å².